The molecule has 0 aliphatic heterocycles. The quantitative estimate of drug-likeness (QED) is 0.271. The fourth-order valence-corrected chi connectivity index (χ4v) is 3.14. The second-order valence-electron chi connectivity index (χ2n) is 4.20. The van der Waals surface area contributed by atoms with Crippen LogP contribution in [0.4, 0.5) is 0 Å². The molecule has 0 saturated carbocycles. The van der Waals surface area contributed by atoms with E-state index in [9.17, 15) is 8.42 Å². The number of allylic oxidation sites excluding steroid dienone is 2. The molecule has 1 aliphatic rings. The molecule has 1 N–H and O–H groups in total. The molecule has 0 spiro atoms. The first-order chi connectivity index (χ1) is 7.36. The Morgan fingerprint density at radius 1 is 1.44 bits per heavy atom. The summed E-state index contributed by atoms with van der Waals surface area (Å²) in [7, 11) is -4.08. The minimum atomic E-state index is -4.08. The lowest BCUT2D eigenvalue weighted by Gasteiger charge is -2.29. The summed E-state index contributed by atoms with van der Waals surface area (Å²) in [5.74, 6) is -0.324. The molecule has 1 aliphatic carbocycles. The van der Waals surface area contributed by atoms with Gasteiger partial charge in [-0.3, -0.25) is 4.55 Å². The van der Waals surface area contributed by atoms with Gasteiger partial charge in [-0.1, -0.05) is 16.3 Å². The van der Waals surface area contributed by atoms with E-state index in [0.717, 1.165) is 11.1 Å². The van der Waals surface area contributed by atoms with Crippen molar-refractivity contribution >= 4 is 10.1 Å². The van der Waals surface area contributed by atoms with Gasteiger partial charge in [0.05, 0.1) is 5.25 Å². The standard InChI is InChI=1S/C9H15N3O3S/c1-6-3-8(5-11-12-10)9(4-7(6)2)16(13,14)15/h8-9H,3-5H2,1-2H3,(H,13,14,15). The summed E-state index contributed by atoms with van der Waals surface area (Å²) in [6.45, 7) is 3.89. The van der Waals surface area contributed by atoms with Crippen molar-refractivity contribution in [3.05, 3.63) is 21.6 Å². The molecular formula is C9H15N3O3S. The maximum absolute atomic E-state index is 11.2. The Morgan fingerprint density at radius 2 is 2.00 bits per heavy atom. The minimum Gasteiger partial charge on any atom is -0.285 e. The SMILES string of the molecule is CC1=C(C)CC(S(=O)(=O)O)C(CN=[N+]=[N-])C1. The molecule has 0 saturated heterocycles. The predicted octanol–water partition coefficient (Wildman–Crippen LogP) is 2.30. The largest absolute Gasteiger partial charge is 0.285 e. The first kappa shape index (κ1) is 13.0. The molecule has 6 nitrogen and oxygen atoms in total. The number of hydrogen-bond acceptors (Lipinski definition) is 3. The van der Waals surface area contributed by atoms with Gasteiger partial charge in [-0.2, -0.15) is 8.42 Å². The Bertz CT molecular complexity index is 449. The van der Waals surface area contributed by atoms with Crippen molar-refractivity contribution in [2.45, 2.75) is 31.9 Å². The third kappa shape index (κ3) is 2.98. The van der Waals surface area contributed by atoms with Crippen molar-refractivity contribution in [3.63, 3.8) is 0 Å². The average Bonchev–Trinajstić information content (AvgIpc) is 2.17. The van der Waals surface area contributed by atoms with Gasteiger partial charge in [0.2, 0.25) is 0 Å². The molecule has 2 unspecified atom stereocenters. The third-order valence-electron chi connectivity index (χ3n) is 3.09. The van der Waals surface area contributed by atoms with Crippen LogP contribution in [0, 0.1) is 5.92 Å². The first-order valence-corrected chi connectivity index (χ1v) is 6.49. The number of rotatable bonds is 3. The predicted molar refractivity (Wildman–Crippen MR) is 60.4 cm³/mol. The molecule has 0 aromatic rings. The van der Waals surface area contributed by atoms with Gasteiger partial charge in [-0.05, 0) is 38.1 Å². The van der Waals surface area contributed by atoms with Crippen molar-refractivity contribution in [2.75, 3.05) is 6.54 Å². The number of azide groups is 1. The third-order valence-corrected chi connectivity index (χ3v) is 4.41. The van der Waals surface area contributed by atoms with Crippen LogP contribution >= 0.6 is 0 Å². The highest BCUT2D eigenvalue weighted by Crippen LogP contribution is 2.33. The van der Waals surface area contributed by atoms with Crippen LogP contribution in [0.2, 0.25) is 0 Å². The molecule has 0 aromatic heterocycles. The zero-order chi connectivity index (χ0) is 12.3. The van der Waals surface area contributed by atoms with Crippen LogP contribution in [0.5, 0.6) is 0 Å². The number of nitrogens with zero attached hydrogens (tertiary/aromatic N) is 3. The highest BCUT2D eigenvalue weighted by atomic mass is 32.2. The van der Waals surface area contributed by atoms with Gasteiger partial charge in [0.15, 0.2) is 0 Å². The van der Waals surface area contributed by atoms with E-state index in [2.05, 4.69) is 10.0 Å². The molecule has 0 bridgehead atoms. The van der Waals surface area contributed by atoms with E-state index in [-0.39, 0.29) is 12.5 Å². The average molecular weight is 245 g/mol. The molecule has 0 fully saturated rings. The van der Waals surface area contributed by atoms with Gasteiger partial charge in [0.1, 0.15) is 0 Å². The highest BCUT2D eigenvalue weighted by molar-refractivity contribution is 7.86. The second-order valence-corrected chi connectivity index (χ2v) is 5.83. The lowest BCUT2D eigenvalue weighted by molar-refractivity contribution is 0.404. The zero-order valence-corrected chi connectivity index (χ0v) is 10.1. The summed E-state index contributed by atoms with van der Waals surface area (Å²) in [4.78, 5) is 2.62. The van der Waals surface area contributed by atoms with Crippen LogP contribution < -0.4 is 0 Å². The summed E-state index contributed by atoms with van der Waals surface area (Å²) in [5, 5.41) is 2.56. The van der Waals surface area contributed by atoms with Gasteiger partial charge in [-0.25, -0.2) is 0 Å². The summed E-state index contributed by atoms with van der Waals surface area (Å²) >= 11 is 0. The smallest absolute Gasteiger partial charge is 0.268 e. The summed E-state index contributed by atoms with van der Waals surface area (Å²) in [6, 6.07) is 0. The normalized spacial score (nSPS) is 26.4. The Balaban J connectivity index is 2.99. The van der Waals surface area contributed by atoms with E-state index in [4.69, 9.17) is 10.1 Å². The van der Waals surface area contributed by atoms with Gasteiger partial charge in [0.25, 0.3) is 10.1 Å². The summed E-state index contributed by atoms with van der Waals surface area (Å²) < 4.78 is 31.6. The molecule has 0 heterocycles. The lowest BCUT2D eigenvalue weighted by Crippen LogP contribution is -2.34. The van der Waals surface area contributed by atoms with Crippen LogP contribution in [0.1, 0.15) is 26.7 Å². The van der Waals surface area contributed by atoms with Gasteiger partial charge >= 0.3 is 0 Å². The van der Waals surface area contributed by atoms with Crippen molar-refractivity contribution in [1.82, 2.24) is 0 Å². The van der Waals surface area contributed by atoms with Gasteiger partial charge in [-0.15, -0.1) is 0 Å². The molecular weight excluding hydrogens is 230 g/mol. The Kier molecular flexibility index (Phi) is 3.96. The Hall–Kier alpha value is -1.04. The van der Waals surface area contributed by atoms with E-state index in [0.29, 0.717) is 12.8 Å². The van der Waals surface area contributed by atoms with Gasteiger partial charge < -0.3 is 0 Å². The molecule has 1 rings (SSSR count). The van der Waals surface area contributed by atoms with Crippen molar-refractivity contribution in [1.29, 1.82) is 0 Å². The molecule has 7 heteroatoms. The fraction of sp³-hybridized carbons (Fsp3) is 0.778. The maximum Gasteiger partial charge on any atom is 0.268 e. The topological polar surface area (TPSA) is 103 Å². The lowest BCUT2D eigenvalue weighted by atomic mass is 9.85. The second kappa shape index (κ2) is 4.86. The molecule has 0 radical (unpaired) electrons. The molecule has 0 aromatic carbocycles. The van der Waals surface area contributed by atoms with E-state index < -0.39 is 15.4 Å². The van der Waals surface area contributed by atoms with E-state index >= 15 is 0 Å². The number of hydrogen-bond donors (Lipinski definition) is 1. The summed E-state index contributed by atoms with van der Waals surface area (Å²) in [5.41, 5.74) is 10.3. The van der Waals surface area contributed by atoms with Crippen LogP contribution in [-0.2, 0) is 10.1 Å². The Labute approximate surface area is 94.7 Å². The monoisotopic (exact) mass is 245 g/mol. The first-order valence-electron chi connectivity index (χ1n) is 4.98. The summed E-state index contributed by atoms with van der Waals surface area (Å²) in [6.07, 6.45) is 0.867. The van der Waals surface area contributed by atoms with E-state index in [1.165, 1.54) is 0 Å². The molecule has 0 amide bonds. The molecule has 2 atom stereocenters. The van der Waals surface area contributed by atoms with Gasteiger partial charge in [0, 0.05) is 11.5 Å². The van der Waals surface area contributed by atoms with Crippen molar-refractivity contribution in [3.8, 4) is 0 Å². The van der Waals surface area contributed by atoms with Crippen LogP contribution in [0.25, 0.3) is 10.4 Å². The Morgan fingerprint density at radius 3 is 2.50 bits per heavy atom. The van der Waals surface area contributed by atoms with Crippen LogP contribution in [0.3, 0.4) is 0 Å². The van der Waals surface area contributed by atoms with Crippen molar-refractivity contribution < 1.29 is 13.0 Å². The minimum absolute atomic E-state index is 0.103. The molecule has 16 heavy (non-hydrogen) atoms. The fourth-order valence-electron chi connectivity index (χ4n) is 2.01. The zero-order valence-electron chi connectivity index (χ0n) is 9.29. The van der Waals surface area contributed by atoms with E-state index in [1.54, 1.807) is 0 Å². The van der Waals surface area contributed by atoms with Crippen LogP contribution in [0.15, 0.2) is 16.3 Å². The molecule has 90 valence electrons. The van der Waals surface area contributed by atoms with Crippen LogP contribution in [-0.4, -0.2) is 24.8 Å². The van der Waals surface area contributed by atoms with Crippen molar-refractivity contribution in [2.24, 2.45) is 11.0 Å². The highest BCUT2D eigenvalue weighted by Gasteiger charge is 2.35. The maximum atomic E-state index is 11.2. The van der Waals surface area contributed by atoms with E-state index in [1.807, 2.05) is 13.8 Å².